The number of benzene rings is 1. The molecule has 0 radical (unpaired) electrons. The molecular formula is C17H19BrN2O3S2. The van der Waals surface area contributed by atoms with E-state index in [1.54, 1.807) is 28.6 Å². The average molecular weight is 443 g/mol. The first-order valence-electron chi connectivity index (χ1n) is 8.09. The largest absolute Gasteiger partial charge is 0.347 e. The number of hydrogen-bond acceptors (Lipinski definition) is 4. The first-order valence-corrected chi connectivity index (χ1v) is 11.1. The van der Waals surface area contributed by atoms with E-state index in [-0.39, 0.29) is 5.91 Å². The Morgan fingerprint density at radius 1 is 1.08 bits per heavy atom. The molecule has 0 bridgehead atoms. The third-order valence-electron chi connectivity index (χ3n) is 4.08. The predicted octanol–water partition coefficient (Wildman–Crippen LogP) is 3.62. The highest BCUT2D eigenvalue weighted by atomic mass is 79.9. The van der Waals surface area contributed by atoms with E-state index in [4.69, 9.17) is 0 Å². The summed E-state index contributed by atoms with van der Waals surface area (Å²) >= 11 is 4.55. The van der Waals surface area contributed by atoms with Crippen LogP contribution in [0.5, 0.6) is 0 Å². The van der Waals surface area contributed by atoms with Gasteiger partial charge in [0.15, 0.2) is 0 Å². The third kappa shape index (κ3) is 4.49. The SMILES string of the molecule is O=C(NCc1ccc(S(=O)(=O)N2CCCCC2)s1)c1ccc(Br)cc1. The summed E-state index contributed by atoms with van der Waals surface area (Å²) in [7, 11) is -3.40. The Balaban J connectivity index is 1.63. The average Bonchev–Trinajstić information content (AvgIpc) is 3.11. The summed E-state index contributed by atoms with van der Waals surface area (Å²) in [5.74, 6) is -0.179. The molecule has 1 N–H and O–H groups in total. The first-order chi connectivity index (χ1) is 12.0. The van der Waals surface area contributed by atoms with Crippen molar-refractivity contribution in [3.05, 3.63) is 51.3 Å². The minimum atomic E-state index is -3.40. The number of piperidine rings is 1. The van der Waals surface area contributed by atoms with Crippen LogP contribution in [-0.4, -0.2) is 31.7 Å². The van der Waals surface area contributed by atoms with E-state index in [2.05, 4.69) is 21.2 Å². The van der Waals surface area contributed by atoms with Crippen molar-refractivity contribution in [3.63, 3.8) is 0 Å². The molecule has 25 heavy (non-hydrogen) atoms. The van der Waals surface area contributed by atoms with Gasteiger partial charge in [0.25, 0.3) is 15.9 Å². The number of sulfonamides is 1. The number of amides is 1. The first kappa shape index (κ1) is 18.6. The normalized spacial score (nSPS) is 15.9. The second-order valence-electron chi connectivity index (χ2n) is 5.88. The number of nitrogens with one attached hydrogen (secondary N) is 1. The van der Waals surface area contributed by atoms with Crippen molar-refractivity contribution in [2.75, 3.05) is 13.1 Å². The van der Waals surface area contributed by atoms with E-state index < -0.39 is 10.0 Å². The van der Waals surface area contributed by atoms with Crippen molar-refractivity contribution in [2.45, 2.75) is 30.0 Å². The second-order valence-corrected chi connectivity index (χ2v) is 10.1. The highest BCUT2D eigenvalue weighted by Gasteiger charge is 2.27. The molecule has 0 spiro atoms. The zero-order chi connectivity index (χ0) is 17.9. The van der Waals surface area contributed by atoms with Crippen LogP contribution in [0.1, 0.15) is 34.5 Å². The molecule has 2 heterocycles. The van der Waals surface area contributed by atoms with Crippen LogP contribution in [-0.2, 0) is 16.6 Å². The lowest BCUT2D eigenvalue weighted by molar-refractivity contribution is 0.0951. The standard InChI is InChI=1S/C17H19BrN2O3S2/c18-14-6-4-13(5-7-14)17(21)19-12-15-8-9-16(24-15)25(22,23)20-10-2-1-3-11-20/h4-9H,1-3,10-12H2,(H,19,21). The van der Waals surface area contributed by atoms with E-state index in [0.717, 1.165) is 28.6 Å². The van der Waals surface area contributed by atoms with Crippen LogP contribution >= 0.6 is 27.3 Å². The molecule has 8 heteroatoms. The second kappa shape index (κ2) is 7.99. The third-order valence-corrected chi connectivity index (χ3v) is 8.06. The number of carbonyl (C=O) groups excluding carboxylic acids is 1. The smallest absolute Gasteiger partial charge is 0.252 e. The minimum absolute atomic E-state index is 0.179. The van der Waals surface area contributed by atoms with Crippen molar-refractivity contribution in [3.8, 4) is 0 Å². The maximum absolute atomic E-state index is 12.6. The van der Waals surface area contributed by atoms with Gasteiger partial charge in [-0.25, -0.2) is 8.42 Å². The molecule has 0 atom stereocenters. The van der Waals surface area contributed by atoms with Gasteiger partial charge in [0, 0.05) is 28.0 Å². The van der Waals surface area contributed by atoms with Crippen LogP contribution in [0, 0.1) is 0 Å². The summed E-state index contributed by atoms with van der Waals surface area (Å²) in [5.41, 5.74) is 0.570. The fraction of sp³-hybridized carbons (Fsp3) is 0.353. The summed E-state index contributed by atoms with van der Waals surface area (Å²) in [6.45, 7) is 1.50. The Labute approximate surface area is 160 Å². The number of nitrogens with zero attached hydrogens (tertiary/aromatic N) is 1. The minimum Gasteiger partial charge on any atom is -0.347 e. The molecule has 134 valence electrons. The highest BCUT2D eigenvalue weighted by Crippen LogP contribution is 2.27. The Morgan fingerprint density at radius 2 is 1.76 bits per heavy atom. The molecule has 5 nitrogen and oxygen atoms in total. The molecular weight excluding hydrogens is 424 g/mol. The van der Waals surface area contributed by atoms with Gasteiger partial charge in [-0.1, -0.05) is 22.4 Å². The molecule has 1 aromatic carbocycles. The van der Waals surface area contributed by atoms with Gasteiger partial charge in [-0.3, -0.25) is 4.79 Å². The zero-order valence-electron chi connectivity index (χ0n) is 13.6. The molecule has 1 aromatic heterocycles. The zero-order valence-corrected chi connectivity index (χ0v) is 16.8. The molecule has 3 rings (SSSR count). The van der Waals surface area contributed by atoms with Crippen LogP contribution in [0.25, 0.3) is 0 Å². The van der Waals surface area contributed by atoms with Crippen LogP contribution in [0.3, 0.4) is 0 Å². The van der Waals surface area contributed by atoms with E-state index in [0.29, 0.717) is 29.4 Å². The number of hydrogen-bond donors (Lipinski definition) is 1. The van der Waals surface area contributed by atoms with Gasteiger partial charge in [-0.15, -0.1) is 11.3 Å². The van der Waals surface area contributed by atoms with Crippen LogP contribution < -0.4 is 5.32 Å². The van der Waals surface area contributed by atoms with Gasteiger partial charge >= 0.3 is 0 Å². The van der Waals surface area contributed by atoms with Gasteiger partial charge in [-0.05, 0) is 49.2 Å². The maximum atomic E-state index is 12.6. The van der Waals surface area contributed by atoms with E-state index >= 15 is 0 Å². The van der Waals surface area contributed by atoms with Crippen molar-refractivity contribution in [1.29, 1.82) is 0 Å². The van der Waals surface area contributed by atoms with Gasteiger partial charge in [0.2, 0.25) is 0 Å². The Morgan fingerprint density at radius 3 is 2.44 bits per heavy atom. The fourth-order valence-corrected chi connectivity index (χ4v) is 5.93. The van der Waals surface area contributed by atoms with Crippen molar-refractivity contribution < 1.29 is 13.2 Å². The fourth-order valence-electron chi connectivity index (χ4n) is 2.70. The number of halogens is 1. The van der Waals surface area contributed by atoms with Gasteiger partial charge in [0.1, 0.15) is 4.21 Å². The molecule has 1 saturated heterocycles. The Bertz CT molecular complexity index is 841. The van der Waals surface area contributed by atoms with Crippen molar-refractivity contribution in [1.82, 2.24) is 9.62 Å². The van der Waals surface area contributed by atoms with Crippen LogP contribution in [0.2, 0.25) is 0 Å². The molecule has 1 amide bonds. The number of thiophene rings is 1. The van der Waals surface area contributed by atoms with E-state index in [1.165, 1.54) is 11.3 Å². The maximum Gasteiger partial charge on any atom is 0.252 e. The molecule has 1 aliphatic rings. The summed E-state index contributed by atoms with van der Waals surface area (Å²) in [5, 5.41) is 2.83. The summed E-state index contributed by atoms with van der Waals surface area (Å²) in [6.07, 6.45) is 2.92. The molecule has 0 unspecified atom stereocenters. The molecule has 0 aliphatic carbocycles. The number of rotatable bonds is 5. The van der Waals surface area contributed by atoms with Gasteiger partial charge < -0.3 is 5.32 Å². The summed E-state index contributed by atoms with van der Waals surface area (Å²) < 4.78 is 28.1. The molecule has 1 fully saturated rings. The monoisotopic (exact) mass is 442 g/mol. The number of carbonyl (C=O) groups is 1. The predicted molar refractivity (Wildman–Crippen MR) is 102 cm³/mol. The molecule has 0 saturated carbocycles. The lowest BCUT2D eigenvalue weighted by atomic mass is 10.2. The van der Waals surface area contributed by atoms with E-state index in [9.17, 15) is 13.2 Å². The molecule has 2 aromatic rings. The quantitative estimate of drug-likeness (QED) is 0.768. The highest BCUT2D eigenvalue weighted by molar-refractivity contribution is 9.10. The van der Waals surface area contributed by atoms with Crippen LogP contribution in [0.15, 0.2) is 45.1 Å². The van der Waals surface area contributed by atoms with Crippen LogP contribution in [0.4, 0.5) is 0 Å². The van der Waals surface area contributed by atoms with Gasteiger partial charge in [-0.2, -0.15) is 4.31 Å². The van der Waals surface area contributed by atoms with Crippen molar-refractivity contribution >= 4 is 43.2 Å². The molecule has 1 aliphatic heterocycles. The summed E-state index contributed by atoms with van der Waals surface area (Å²) in [4.78, 5) is 13.0. The summed E-state index contributed by atoms with van der Waals surface area (Å²) in [6, 6.07) is 10.5. The lowest BCUT2D eigenvalue weighted by Crippen LogP contribution is -2.35. The van der Waals surface area contributed by atoms with E-state index in [1.807, 2.05) is 12.1 Å². The Kier molecular flexibility index (Phi) is 5.93. The van der Waals surface area contributed by atoms with Crippen molar-refractivity contribution in [2.24, 2.45) is 0 Å². The van der Waals surface area contributed by atoms with Gasteiger partial charge in [0.05, 0.1) is 6.54 Å². The Hall–Kier alpha value is -1.22. The lowest BCUT2D eigenvalue weighted by Gasteiger charge is -2.25. The topological polar surface area (TPSA) is 66.5 Å².